The summed E-state index contributed by atoms with van der Waals surface area (Å²) in [4.78, 5) is 0.407. The minimum absolute atomic E-state index is 0.251. The summed E-state index contributed by atoms with van der Waals surface area (Å²) in [5.41, 5.74) is 1.07. The Kier molecular flexibility index (Phi) is 6.52. The second-order valence-electron chi connectivity index (χ2n) is 4.99. The molecule has 1 unspecified atom stereocenters. The Balaban J connectivity index is 2.94. The van der Waals surface area contributed by atoms with E-state index in [0.29, 0.717) is 4.90 Å². The third-order valence-electron chi connectivity index (χ3n) is 3.18. The summed E-state index contributed by atoms with van der Waals surface area (Å²) in [6.07, 6.45) is 5.67. The van der Waals surface area contributed by atoms with Crippen LogP contribution >= 0.6 is 0 Å². The van der Waals surface area contributed by atoms with Gasteiger partial charge in [-0.15, -0.1) is 0 Å². The molecule has 0 bridgehead atoms. The summed E-state index contributed by atoms with van der Waals surface area (Å²) in [5, 5.41) is 3.50. The fourth-order valence-corrected chi connectivity index (χ4v) is 2.75. The molecule has 0 heterocycles. The molecular formula is C15H25NO2S. The number of rotatable bonds is 8. The molecule has 19 heavy (non-hydrogen) atoms. The van der Waals surface area contributed by atoms with E-state index >= 15 is 0 Å². The molecule has 0 spiro atoms. The second-order valence-corrected chi connectivity index (χ2v) is 7.01. The second kappa shape index (κ2) is 7.65. The van der Waals surface area contributed by atoms with Gasteiger partial charge >= 0.3 is 0 Å². The first-order chi connectivity index (χ1) is 8.99. The smallest absolute Gasteiger partial charge is 0.175 e. The molecule has 1 atom stereocenters. The van der Waals surface area contributed by atoms with E-state index in [-0.39, 0.29) is 6.04 Å². The van der Waals surface area contributed by atoms with Crippen LogP contribution in [0, 0.1) is 0 Å². The van der Waals surface area contributed by atoms with Crippen LogP contribution < -0.4 is 5.32 Å². The summed E-state index contributed by atoms with van der Waals surface area (Å²) in [5.74, 6) is 0. The normalized spacial score (nSPS) is 13.4. The van der Waals surface area contributed by atoms with Crippen molar-refractivity contribution in [3.8, 4) is 0 Å². The largest absolute Gasteiger partial charge is 0.310 e. The van der Waals surface area contributed by atoms with Crippen LogP contribution in [-0.4, -0.2) is 21.2 Å². The molecule has 0 aromatic heterocycles. The maximum absolute atomic E-state index is 11.6. The van der Waals surface area contributed by atoms with E-state index in [1.807, 2.05) is 12.1 Å². The molecular weight excluding hydrogens is 258 g/mol. The van der Waals surface area contributed by atoms with E-state index in [2.05, 4.69) is 19.2 Å². The van der Waals surface area contributed by atoms with Crippen LogP contribution in [-0.2, 0) is 9.84 Å². The Hall–Kier alpha value is -0.870. The predicted octanol–water partition coefficient (Wildman–Crippen LogP) is 3.32. The van der Waals surface area contributed by atoms with Crippen LogP contribution in [0.1, 0.15) is 51.1 Å². The molecule has 0 aliphatic rings. The summed E-state index contributed by atoms with van der Waals surface area (Å²) in [6.45, 7) is 5.26. The van der Waals surface area contributed by atoms with Crippen molar-refractivity contribution < 1.29 is 8.42 Å². The highest BCUT2D eigenvalue weighted by atomic mass is 32.2. The lowest BCUT2D eigenvalue weighted by Gasteiger charge is -2.19. The van der Waals surface area contributed by atoms with Gasteiger partial charge in [-0.2, -0.15) is 0 Å². The molecule has 1 rings (SSSR count). The third-order valence-corrected chi connectivity index (χ3v) is 4.29. The molecule has 4 heteroatoms. The molecule has 0 aliphatic carbocycles. The summed E-state index contributed by atoms with van der Waals surface area (Å²) in [7, 11) is -3.13. The van der Waals surface area contributed by atoms with Crippen LogP contribution in [0.15, 0.2) is 29.2 Å². The van der Waals surface area contributed by atoms with Crippen LogP contribution in [0.2, 0.25) is 0 Å². The first-order valence-electron chi connectivity index (χ1n) is 7.02. The number of benzene rings is 1. The monoisotopic (exact) mass is 283 g/mol. The molecule has 0 fully saturated rings. The number of hydrogen-bond acceptors (Lipinski definition) is 3. The van der Waals surface area contributed by atoms with Crippen LogP contribution in [0.5, 0.6) is 0 Å². The zero-order valence-electron chi connectivity index (χ0n) is 12.1. The summed E-state index contributed by atoms with van der Waals surface area (Å²) in [6, 6.07) is 7.56. The fourth-order valence-electron chi connectivity index (χ4n) is 2.08. The van der Waals surface area contributed by atoms with Crippen molar-refractivity contribution in [1.29, 1.82) is 0 Å². The van der Waals surface area contributed by atoms with Gasteiger partial charge in [-0.25, -0.2) is 8.42 Å². The molecule has 108 valence electrons. The van der Waals surface area contributed by atoms with Gasteiger partial charge in [0.15, 0.2) is 9.84 Å². The van der Waals surface area contributed by atoms with E-state index < -0.39 is 9.84 Å². The topological polar surface area (TPSA) is 46.2 Å². The highest BCUT2D eigenvalue weighted by Gasteiger charge is 2.13. The van der Waals surface area contributed by atoms with Crippen LogP contribution in [0.4, 0.5) is 0 Å². The maximum Gasteiger partial charge on any atom is 0.175 e. The van der Waals surface area contributed by atoms with Gasteiger partial charge in [-0.1, -0.05) is 38.8 Å². The lowest BCUT2D eigenvalue weighted by Crippen LogP contribution is -2.22. The maximum atomic E-state index is 11.6. The minimum Gasteiger partial charge on any atom is -0.310 e. The van der Waals surface area contributed by atoms with E-state index in [1.165, 1.54) is 6.26 Å². The van der Waals surface area contributed by atoms with Crippen molar-refractivity contribution in [2.45, 2.75) is 50.5 Å². The number of nitrogens with one attached hydrogen (secondary N) is 1. The zero-order valence-corrected chi connectivity index (χ0v) is 13.0. The van der Waals surface area contributed by atoms with E-state index in [4.69, 9.17) is 0 Å². The quantitative estimate of drug-likeness (QED) is 0.796. The van der Waals surface area contributed by atoms with Crippen molar-refractivity contribution in [3.63, 3.8) is 0 Å². The van der Waals surface area contributed by atoms with Crippen LogP contribution in [0.3, 0.4) is 0 Å². The van der Waals surface area contributed by atoms with Crippen molar-refractivity contribution in [3.05, 3.63) is 29.8 Å². The van der Waals surface area contributed by atoms with Gasteiger partial charge < -0.3 is 5.32 Å². The molecule has 1 N–H and O–H groups in total. The number of sulfone groups is 1. The first kappa shape index (κ1) is 16.2. The summed E-state index contributed by atoms with van der Waals surface area (Å²) < 4.78 is 23.2. The van der Waals surface area contributed by atoms with Gasteiger partial charge in [-0.05, 0) is 37.1 Å². The molecule has 0 saturated heterocycles. The minimum atomic E-state index is -3.13. The number of hydrogen-bond donors (Lipinski definition) is 1. The molecule has 1 aromatic rings. The highest BCUT2D eigenvalue weighted by Crippen LogP contribution is 2.22. The fraction of sp³-hybridized carbons (Fsp3) is 0.600. The molecule has 3 nitrogen and oxygen atoms in total. The highest BCUT2D eigenvalue weighted by molar-refractivity contribution is 7.90. The van der Waals surface area contributed by atoms with Crippen molar-refractivity contribution in [2.75, 3.05) is 12.8 Å². The van der Waals surface area contributed by atoms with E-state index in [9.17, 15) is 8.42 Å². The van der Waals surface area contributed by atoms with E-state index in [1.54, 1.807) is 12.1 Å². The SMILES string of the molecule is CCCCC(NCCC)c1cccc(S(C)(=O)=O)c1. The molecule has 0 amide bonds. The van der Waals surface area contributed by atoms with Crippen molar-refractivity contribution >= 4 is 9.84 Å². The number of unbranched alkanes of at least 4 members (excludes halogenated alkanes) is 1. The van der Waals surface area contributed by atoms with Crippen LogP contribution in [0.25, 0.3) is 0 Å². The van der Waals surface area contributed by atoms with Crippen molar-refractivity contribution in [1.82, 2.24) is 5.32 Å². The lowest BCUT2D eigenvalue weighted by atomic mass is 10.0. The third kappa shape index (κ3) is 5.33. The molecule has 0 radical (unpaired) electrons. The Morgan fingerprint density at radius 2 is 1.95 bits per heavy atom. The Morgan fingerprint density at radius 3 is 2.53 bits per heavy atom. The summed E-state index contributed by atoms with van der Waals surface area (Å²) >= 11 is 0. The predicted molar refractivity (Wildman–Crippen MR) is 80.1 cm³/mol. The van der Waals surface area contributed by atoms with Gasteiger partial charge in [0.1, 0.15) is 0 Å². The van der Waals surface area contributed by atoms with E-state index in [0.717, 1.165) is 37.8 Å². The first-order valence-corrected chi connectivity index (χ1v) is 8.91. The standard InChI is InChI=1S/C15H25NO2S/c1-4-6-10-15(16-11-5-2)13-8-7-9-14(12-13)19(3,17)18/h7-9,12,15-16H,4-6,10-11H2,1-3H3. The Bertz CT molecular complexity index is 475. The van der Waals surface area contributed by atoms with Gasteiger partial charge in [0.25, 0.3) is 0 Å². The Labute approximate surface area is 117 Å². The lowest BCUT2D eigenvalue weighted by molar-refractivity contribution is 0.480. The van der Waals surface area contributed by atoms with Crippen molar-refractivity contribution in [2.24, 2.45) is 0 Å². The molecule has 0 saturated carbocycles. The van der Waals surface area contributed by atoms with Gasteiger partial charge in [0.05, 0.1) is 4.90 Å². The Morgan fingerprint density at radius 1 is 1.21 bits per heavy atom. The van der Waals surface area contributed by atoms with Gasteiger partial charge in [0.2, 0.25) is 0 Å². The average molecular weight is 283 g/mol. The molecule has 0 aliphatic heterocycles. The average Bonchev–Trinajstić information content (AvgIpc) is 2.38. The van der Waals surface area contributed by atoms with Gasteiger partial charge in [0, 0.05) is 12.3 Å². The molecule has 1 aromatic carbocycles. The zero-order chi connectivity index (χ0) is 14.3. The van der Waals surface area contributed by atoms with Gasteiger partial charge in [-0.3, -0.25) is 0 Å².